The summed E-state index contributed by atoms with van der Waals surface area (Å²) in [6.45, 7) is 15.9. The van der Waals surface area contributed by atoms with E-state index in [-0.39, 0.29) is 10.5 Å². The molecule has 286 valence electrons. The molecule has 0 bridgehead atoms. The number of carbonyl (C=O) groups is 2. The molecular weight excluding hydrogens is 813 g/mol. The Morgan fingerprint density at radius 1 is 0.542 bits per heavy atom. The van der Waals surface area contributed by atoms with Crippen molar-refractivity contribution in [2.75, 3.05) is 77.8 Å². The van der Waals surface area contributed by atoms with Gasteiger partial charge in [-0.1, -0.05) is 47.8 Å². The minimum absolute atomic E-state index is 0.220. The quantitative estimate of drug-likeness (QED) is 0.0230. The summed E-state index contributed by atoms with van der Waals surface area (Å²) >= 11 is 5.50. The lowest BCUT2D eigenvalue weighted by Gasteiger charge is -2.33. The molecule has 2 amide bonds. The molecule has 24 heteroatoms. The Kier molecular flexibility index (Phi) is 32.3. The first-order valence-electron chi connectivity index (χ1n) is 15.6. The molecule has 0 aliphatic heterocycles. The Balaban J connectivity index is 5.20. The van der Waals surface area contributed by atoms with Crippen molar-refractivity contribution in [2.24, 2.45) is 0 Å². The van der Waals surface area contributed by atoms with Crippen LogP contribution in [-0.2, 0) is 26.6 Å². The third kappa shape index (κ3) is 19.7. The maximum absolute atomic E-state index is 13.3. The lowest BCUT2D eigenvalue weighted by atomic mass is 10.5. The lowest BCUT2D eigenvalue weighted by molar-refractivity contribution is 0.0663. The highest BCUT2D eigenvalue weighted by molar-refractivity contribution is 9.28. The molecule has 0 aromatic carbocycles. The monoisotopic (exact) mass is 868 g/mol. The van der Waals surface area contributed by atoms with Crippen LogP contribution in [0.3, 0.4) is 0 Å². The van der Waals surface area contributed by atoms with Crippen molar-refractivity contribution >= 4 is 117 Å². The van der Waals surface area contributed by atoms with Gasteiger partial charge in [0.15, 0.2) is 0 Å². The van der Waals surface area contributed by atoms with Gasteiger partial charge in [0.25, 0.3) is 0 Å². The molecule has 0 aliphatic carbocycles. The van der Waals surface area contributed by atoms with Crippen LogP contribution in [0.25, 0.3) is 0 Å². The Bertz CT molecular complexity index is 750. The molecule has 0 aliphatic rings. The van der Waals surface area contributed by atoms with Crippen molar-refractivity contribution in [3.05, 3.63) is 0 Å². The second-order valence-electron chi connectivity index (χ2n) is 8.74. The van der Waals surface area contributed by atoms with Crippen LogP contribution in [0.2, 0.25) is 12.1 Å². The molecule has 2 N–H and O–H groups in total. The van der Waals surface area contributed by atoms with Crippen molar-refractivity contribution in [3.63, 3.8) is 0 Å². The topological polar surface area (TPSA) is 127 Å². The number of amides is 2. The first-order chi connectivity index (χ1) is 23.2. The van der Waals surface area contributed by atoms with E-state index in [9.17, 15) is 9.59 Å². The molecule has 0 radical (unpaired) electrons. The van der Waals surface area contributed by atoms with Crippen LogP contribution in [0.1, 0.15) is 54.4 Å². The van der Waals surface area contributed by atoms with E-state index in [0.717, 1.165) is 21.6 Å². The molecule has 0 aromatic rings. The minimum atomic E-state index is -2.79. The Morgan fingerprint density at radius 2 is 0.833 bits per heavy atom. The highest BCUT2D eigenvalue weighted by atomic mass is 33.7. The zero-order chi connectivity index (χ0) is 36.3. The van der Waals surface area contributed by atoms with E-state index in [0.29, 0.717) is 77.7 Å². The molecule has 0 unspecified atom stereocenters. The van der Waals surface area contributed by atoms with Crippen molar-refractivity contribution in [2.45, 2.75) is 66.5 Å². The van der Waals surface area contributed by atoms with Gasteiger partial charge in [0.1, 0.15) is 0 Å². The highest BCUT2D eigenvalue weighted by Gasteiger charge is 2.41. The fraction of sp³-hybridized carbons (Fsp3) is 0.917. The van der Waals surface area contributed by atoms with Crippen LogP contribution in [0.15, 0.2) is 0 Å². The van der Waals surface area contributed by atoms with Gasteiger partial charge in [-0.15, -0.1) is 8.83 Å². The zero-order valence-corrected chi connectivity index (χ0v) is 38.3. The van der Waals surface area contributed by atoms with Gasteiger partial charge in [0, 0.05) is 86.4 Å². The molecule has 0 rings (SSSR count). The van der Waals surface area contributed by atoms with Gasteiger partial charge in [0.2, 0.25) is 0 Å². The average molecular weight is 869 g/mol. The number of hydrogen-bond acceptors (Lipinski definition) is 20. The van der Waals surface area contributed by atoms with Gasteiger partial charge in [0.05, 0.1) is 0 Å². The van der Waals surface area contributed by atoms with Crippen molar-refractivity contribution < 1.29 is 36.1 Å². The summed E-state index contributed by atoms with van der Waals surface area (Å²) in [6, 6.07) is 1.28. The van der Waals surface area contributed by atoms with Crippen molar-refractivity contribution in [3.8, 4) is 0 Å². The summed E-state index contributed by atoms with van der Waals surface area (Å²) in [5.41, 5.74) is 0. The molecule has 0 saturated carbocycles. The summed E-state index contributed by atoms with van der Waals surface area (Å²) in [6.07, 6.45) is 8.96. The average Bonchev–Trinajstić information content (AvgIpc) is 3.06. The molecule has 14 nitrogen and oxygen atoms in total. The van der Waals surface area contributed by atoms with Gasteiger partial charge >= 0.3 is 28.1 Å². The summed E-state index contributed by atoms with van der Waals surface area (Å²) in [7, 11) is -1.04. The third-order valence-electron chi connectivity index (χ3n) is 5.66. The molecule has 0 fully saturated rings. The van der Waals surface area contributed by atoms with Crippen LogP contribution in [0, 0.1) is 0 Å². The summed E-state index contributed by atoms with van der Waals surface area (Å²) in [5, 5.41) is 2.53. The number of nitrogens with one attached hydrogen (secondary N) is 2. The van der Waals surface area contributed by atoms with Crippen LogP contribution >= 0.6 is 89.0 Å². The Labute approximate surface area is 323 Å². The smallest absolute Gasteiger partial charge is 0.374 e. The first kappa shape index (κ1) is 49.8. The molecule has 0 heterocycles. The van der Waals surface area contributed by atoms with Crippen LogP contribution in [0.5, 0.6) is 0 Å². The molecule has 0 spiro atoms. The summed E-state index contributed by atoms with van der Waals surface area (Å²) in [4.78, 5) is 32.7. The SMILES string of the molecule is CCO[Si](CCCN(SC)N(NSC)C(=O)SSSSC(=O)N(NSC)N(CCC[Si](OCC)(OCC)OCC)SC)(OCC)OCC. The van der Waals surface area contributed by atoms with Gasteiger partial charge < -0.3 is 26.6 Å². The zero-order valence-electron chi connectivity index (χ0n) is 29.8. The Morgan fingerprint density at radius 3 is 1.06 bits per heavy atom. The fourth-order valence-corrected chi connectivity index (χ4v) is 16.1. The third-order valence-corrected chi connectivity index (χ3v) is 19.7. The van der Waals surface area contributed by atoms with E-state index in [4.69, 9.17) is 26.6 Å². The van der Waals surface area contributed by atoms with Gasteiger partial charge in [-0.3, -0.25) is 9.59 Å². The number of carbonyl (C=O) groups excluding carboxylic acids is 2. The molecule has 0 atom stereocenters. The molecule has 0 saturated heterocycles. The van der Waals surface area contributed by atoms with E-state index >= 15 is 0 Å². The van der Waals surface area contributed by atoms with E-state index in [1.165, 1.54) is 77.7 Å². The number of nitrogens with zero attached hydrogens (tertiary/aromatic N) is 4. The summed E-state index contributed by atoms with van der Waals surface area (Å²) < 4.78 is 39.6. The second-order valence-corrected chi connectivity index (χ2v) is 22.5. The molecule has 0 aromatic heterocycles. The maximum Gasteiger partial charge on any atom is 0.500 e. The van der Waals surface area contributed by atoms with Crippen LogP contribution in [-0.4, -0.2) is 125 Å². The summed E-state index contributed by atoms with van der Waals surface area (Å²) in [5.74, 6) is 0. The largest absolute Gasteiger partial charge is 0.500 e. The number of rotatable bonds is 31. The normalized spacial score (nSPS) is 12.3. The van der Waals surface area contributed by atoms with Crippen molar-refractivity contribution in [1.82, 2.24) is 28.7 Å². The van der Waals surface area contributed by atoms with Gasteiger partial charge in [-0.05, 0) is 99.1 Å². The van der Waals surface area contributed by atoms with E-state index in [2.05, 4.69) is 9.66 Å². The predicted molar refractivity (Wildman–Crippen MR) is 219 cm³/mol. The molecular formula is C24H56N6O8S8Si2. The highest BCUT2D eigenvalue weighted by Crippen LogP contribution is 2.45. The number of hydrazine groups is 4. The predicted octanol–water partition coefficient (Wildman–Crippen LogP) is 7.94. The molecule has 48 heavy (non-hydrogen) atoms. The second kappa shape index (κ2) is 31.2. The van der Waals surface area contributed by atoms with Crippen LogP contribution < -0.4 is 9.66 Å². The lowest BCUT2D eigenvalue weighted by Crippen LogP contribution is -2.49. The Hall–Kier alpha value is 1.77. The van der Waals surface area contributed by atoms with Gasteiger partial charge in [-0.2, -0.15) is 19.9 Å². The first-order valence-corrected chi connectivity index (χ1v) is 29.0. The van der Waals surface area contributed by atoms with E-state index < -0.39 is 17.6 Å². The minimum Gasteiger partial charge on any atom is -0.374 e. The fourth-order valence-electron chi connectivity index (χ4n) is 4.09. The maximum atomic E-state index is 13.3. The van der Waals surface area contributed by atoms with Crippen LogP contribution in [0.4, 0.5) is 9.59 Å². The standard InChI is InChI=1S/C24H56N6O8S8Si2/c1-11-33-47(34-12-2,35-13-3)21-17-19-27(41-9)29(25-39-7)23(31)43-45-46-44-24(32)30(26-40-8)28(42-10)20-18-22-48(36-14-4,37-15-5)38-16-6/h25-26H,11-22H2,1-10H3. The number of hydrogen-bond donors (Lipinski definition) is 2. The van der Waals surface area contributed by atoms with E-state index in [1.807, 2.05) is 75.4 Å². The van der Waals surface area contributed by atoms with E-state index in [1.54, 1.807) is 0 Å². The van der Waals surface area contributed by atoms with Gasteiger partial charge in [-0.25, -0.2) is 0 Å². The van der Waals surface area contributed by atoms with Crippen molar-refractivity contribution in [1.29, 1.82) is 0 Å².